The number of benzene rings is 1. The van der Waals surface area contributed by atoms with Gasteiger partial charge in [0.05, 0.1) is 31.6 Å². The van der Waals surface area contributed by atoms with E-state index >= 15 is 0 Å². The average molecular weight is 455 g/mol. The van der Waals surface area contributed by atoms with Gasteiger partial charge < -0.3 is 18.8 Å². The van der Waals surface area contributed by atoms with Crippen LogP contribution in [0.4, 0.5) is 0 Å². The minimum Gasteiger partial charge on any atom is -0.495 e. The maximum Gasteiger partial charge on any atom is 0.326 e. The van der Waals surface area contributed by atoms with Crippen molar-refractivity contribution in [2.45, 2.75) is 19.9 Å². The number of amides is 1. The largest absolute Gasteiger partial charge is 0.495 e. The fourth-order valence-corrected chi connectivity index (χ4v) is 5.00. The van der Waals surface area contributed by atoms with Crippen molar-refractivity contribution in [1.82, 2.24) is 4.57 Å². The molecule has 1 aromatic carbocycles. The van der Waals surface area contributed by atoms with Crippen LogP contribution in [-0.2, 0) is 27.3 Å². The lowest BCUT2D eigenvalue weighted by Crippen LogP contribution is -2.23. The Morgan fingerprint density at radius 3 is 2.45 bits per heavy atom. The summed E-state index contributed by atoms with van der Waals surface area (Å²) >= 11 is 8.51. The number of methoxy groups -OCH3 is 2. The van der Waals surface area contributed by atoms with Gasteiger partial charge in [-0.25, -0.2) is 0 Å². The Morgan fingerprint density at radius 2 is 1.83 bits per heavy atom. The maximum atomic E-state index is 12.6. The van der Waals surface area contributed by atoms with Crippen LogP contribution in [-0.4, -0.2) is 37.3 Å². The van der Waals surface area contributed by atoms with Crippen LogP contribution in [0.2, 0.25) is 4.34 Å². The van der Waals surface area contributed by atoms with Crippen molar-refractivity contribution < 1.29 is 23.8 Å². The van der Waals surface area contributed by atoms with Gasteiger partial charge in [0.25, 0.3) is 5.91 Å². The summed E-state index contributed by atoms with van der Waals surface area (Å²) < 4.78 is 18.9. The molecule has 0 unspecified atom stereocenters. The Labute approximate surface area is 180 Å². The zero-order valence-corrected chi connectivity index (χ0v) is 18.4. The quantitative estimate of drug-likeness (QED) is 0.509. The van der Waals surface area contributed by atoms with Crippen LogP contribution < -0.4 is 14.3 Å². The number of nitrogens with zero attached hydrogens (tertiary/aromatic N) is 2. The van der Waals surface area contributed by atoms with E-state index in [1.165, 1.54) is 29.8 Å². The van der Waals surface area contributed by atoms with Crippen LogP contribution in [0.25, 0.3) is 10.2 Å². The summed E-state index contributed by atoms with van der Waals surface area (Å²) in [5, 5.41) is 0. The SMILES string of the molecule is CCOC(=O)Cn1c(=NC(=O)Cc2ccc(Cl)s2)sc2c(OC)ccc(OC)c21. The Morgan fingerprint density at radius 1 is 1.10 bits per heavy atom. The summed E-state index contributed by atoms with van der Waals surface area (Å²) in [5.41, 5.74) is 0.621. The van der Waals surface area contributed by atoms with Gasteiger partial charge in [-0.15, -0.1) is 11.3 Å². The Balaban J connectivity index is 2.13. The molecule has 10 heteroatoms. The molecule has 154 valence electrons. The second kappa shape index (κ2) is 9.43. The zero-order chi connectivity index (χ0) is 21.0. The Hall–Kier alpha value is -2.36. The standard InChI is InChI=1S/C19H19ClN2O5S2/c1-4-27-16(24)10-22-17-12(25-2)6-7-13(26-3)18(17)29-19(22)21-15(23)9-11-5-8-14(20)28-11/h5-8H,4,9-10H2,1-3H3. The molecule has 3 rings (SSSR count). The van der Waals surface area contributed by atoms with Crippen molar-refractivity contribution in [2.24, 2.45) is 4.99 Å². The third kappa shape index (κ3) is 4.80. The highest BCUT2D eigenvalue weighted by Gasteiger charge is 2.19. The molecule has 0 radical (unpaired) electrons. The molecule has 0 atom stereocenters. The van der Waals surface area contributed by atoms with Gasteiger partial charge in [-0.05, 0) is 31.2 Å². The first-order chi connectivity index (χ1) is 14.0. The van der Waals surface area contributed by atoms with Crippen molar-refractivity contribution >= 4 is 56.4 Å². The van der Waals surface area contributed by atoms with E-state index in [9.17, 15) is 9.59 Å². The second-order valence-electron chi connectivity index (χ2n) is 5.81. The zero-order valence-electron chi connectivity index (χ0n) is 16.1. The van der Waals surface area contributed by atoms with E-state index < -0.39 is 5.97 Å². The van der Waals surface area contributed by atoms with Gasteiger partial charge in [0, 0.05) is 4.88 Å². The van der Waals surface area contributed by atoms with E-state index in [4.69, 9.17) is 25.8 Å². The van der Waals surface area contributed by atoms with Gasteiger partial charge in [-0.1, -0.05) is 22.9 Å². The number of rotatable bonds is 7. The highest BCUT2D eigenvalue weighted by molar-refractivity contribution is 7.17. The highest BCUT2D eigenvalue weighted by Crippen LogP contribution is 2.35. The molecule has 0 bridgehead atoms. The predicted molar refractivity (Wildman–Crippen MR) is 113 cm³/mol. The van der Waals surface area contributed by atoms with Gasteiger partial charge in [-0.3, -0.25) is 9.59 Å². The van der Waals surface area contributed by atoms with Crippen molar-refractivity contribution in [1.29, 1.82) is 0 Å². The third-order valence-electron chi connectivity index (χ3n) is 3.96. The molecule has 0 fully saturated rings. The number of thiophene rings is 1. The summed E-state index contributed by atoms with van der Waals surface area (Å²) in [7, 11) is 3.09. The van der Waals surface area contributed by atoms with E-state index in [-0.39, 0.29) is 25.5 Å². The smallest absolute Gasteiger partial charge is 0.326 e. The van der Waals surface area contributed by atoms with E-state index in [0.717, 1.165) is 9.58 Å². The fraction of sp³-hybridized carbons (Fsp3) is 0.316. The maximum absolute atomic E-state index is 12.6. The normalized spacial score (nSPS) is 11.7. The molecule has 7 nitrogen and oxygen atoms in total. The van der Waals surface area contributed by atoms with E-state index in [0.29, 0.717) is 26.2 Å². The molecule has 0 spiro atoms. The predicted octanol–water partition coefficient (Wildman–Crippen LogP) is 3.67. The number of ether oxygens (including phenoxy) is 3. The van der Waals surface area contributed by atoms with Gasteiger partial charge in [0.15, 0.2) is 4.80 Å². The first kappa shape index (κ1) is 21.4. The molecule has 1 amide bonds. The van der Waals surface area contributed by atoms with Crippen LogP contribution >= 0.6 is 34.3 Å². The summed E-state index contributed by atoms with van der Waals surface area (Å²) in [6.07, 6.45) is 0.124. The number of hydrogen-bond donors (Lipinski definition) is 0. The number of halogens is 1. The number of carbonyl (C=O) groups is 2. The van der Waals surface area contributed by atoms with Crippen LogP contribution in [0.15, 0.2) is 29.3 Å². The fourth-order valence-electron chi connectivity index (χ4n) is 2.76. The van der Waals surface area contributed by atoms with Crippen molar-refractivity contribution in [3.63, 3.8) is 0 Å². The Kier molecular flexibility index (Phi) is 6.94. The van der Waals surface area contributed by atoms with E-state index in [2.05, 4.69) is 4.99 Å². The lowest BCUT2D eigenvalue weighted by atomic mass is 10.3. The van der Waals surface area contributed by atoms with Gasteiger partial charge in [0.1, 0.15) is 28.3 Å². The van der Waals surface area contributed by atoms with Crippen LogP contribution in [0.1, 0.15) is 11.8 Å². The third-order valence-corrected chi connectivity index (χ3v) is 6.28. The van der Waals surface area contributed by atoms with Crippen LogP contribution in [0.5, 0.6) is 11.5 Å². The number of aromatic nitrogens is 1. The lowest BCUT2D eigenvalue weighted by molar-refractivity contribution is -0.143. The first-order valence-electron chi connectivity index (χ1n) is 8.68. The van der Waals surface area contributed by atoms with Crippen LogP contribution in [0.3, 0.4) is 0 Å². The van der Waals surface area contributed by atoms with E-state index in [1.807, 2.05) is 0 Å². The summed E-state index contributed by atoms with van der Waals surface area (Å²) in [6.45, 7) is 1.89. The van der Waals surface area contributed by atoms with Gasteiger partial charge in [0.2, 0.25) is 0 Å². The topological polar surface area (TPSA) is 79.1 Å². The van der Waals surface area contributed by atoms with Crippen molar-refractivity contribution in [3.05, 3.63) is 38.3 Å². The monoisotopic (exact) mass is 454 g/mol. The lowest BCUT2D eigenvalue weighted by Gasteiger charge is -2.09. The molecule has 3 aromatic rings. The number of fused-ring (bicyclic) bond motifs is 1. The molecule has 0 saturated heterocycles. The molecule has 0 N–H and O–H groups in total. The number of esters is 1. The molecule has 0 aliphatic carbocycles. The summed E-state index contributed by atoms with van der Waals surface area (Å²) in [4.78, 5) is 30.2. The van der Waals surface area contributed by atoms with E-state index in [1.54, 1.807) is 42.9 Å². The highest BCUT2D eigenvalue weighted by atomic mass is 35.5. The minimum absolute atomic E-state index is 0.103. The molecular weight excluding hydrogens is 436 g/mol. The number of thiazole rings is 1. The first-order valence-corrected chi connectivity index (χ1v) is 10.7. The molecule has 2 aromatic heterocycles. The average Bonchev–Trinajstić information content (AvgIpc) is 3.25. The number of hydrogen-bond acceptors (Lipinski definition) is 7. The van der Waals surface area contributed by atoms with Gasteiger partial charge in [-0.2, -0.15) is 4.99 Å². The van der Waals surface area contributed by atoms with Gasteiger partial charge >= 0.3 is 5.97 Å². The summed E-state index contributed by atoms with van der Waals surface area (Å²) in [6, 6.07) is 7.05. The molecule has 0 aliphatic rings. The number of carbonyl (C=O) groups excluding carboxylic acids is 2. The molecule has 29 heavy (non-hydrogen) atoms. The van der Waals surface area contributed by atoms with Crippen molar-refractivity contribution in [2.75, 3.05) is 20.8 Å². The second-order valence-corrected chi connectivity index (χ2v) is 8.59. The Bertz CT molecular complexity index is 1120. The molecule has 0 saturated carbocycles. The molecule has 0 aliphatic heterocycles. The van der Waals surface area contributed by atoms with Crippen LogP contribution in [0, 0.1) is 0 Å². The molecule has 2 heterocycles. The van der Waals surface area contributed by atoms with Crippen molar-refractivity contribution in [3.8, 4) is 11.5 Å². The molecular formula is C19H19ClN2O5S2. The summed E-state index contributed by atoms with van der Waals surface area (Å²) in [5.74, 6) is 0.365. The minimum atomic E-state index is -0.434.